The molecule has 0 fully saturated rings. The summed E-state index contributed by atoms with van der Waals surface area (Å²) in [6.45, 7) is -0.750. The van der Waals surface area contributed by atoms with Gasteiger partial charge in [0.2, 0.25) is 0 Å². The van der Waals surface area contributed by atoms with E-state index < -0.39 is 24.1 Å². The van der Waals surface area contributed by atoms with Crippen LogP contribution < -0.4 is 44.1 Å². The fourth-order valence-corrected chi connectivity index (χ4v) is 2.49. The first-order valence-electron chi connectivity index (χ1n) is 7.81. The van der Waals surface area contributed by atoms with Crippen molar-refractivity contribution in [1.82, 2.24) is 0 Å². The van der Waals surface area contributed by atoms with Crippen molar-refractivity contribution in [1.29, 1.82) is 0 Å². The van der Waals surface area contributed by atoms with Crippen molar-refractivity contribution in [3.05, 3.63) is 41.5 Å². The maximum atomic E-state index is 10.4. The smallest absolute Gasteiger partial charge is 0.546 e. The fourth-order valence-electron chi connectivity index (χ4n) is 2.49. The summed E-state index contributed by atoms with van der Waals surface area (Å²) >= 11 is 0. The fraction of sp³-hybridized carbons (Fsp3) is 0.222. The molecule has 2 aromatic carbocycles. The number of aryl methyl sites for hydroxylation is 1. The first-order chi connectivity index (χ1) is 12.8. The number of carboxylic acids is 1. The second-order valence-corrected chi connectivity index (χ2v) is 5.55. The summed E-state index contributed by atoms with van der Waals surface area (Å²) in [6, 6.07) is 6.96. The van der Waals surface area contributed by atoms with Gasteiger partial charge < -0.3 is 39.9 Å². The van der Waals surface area contributed by atoms with Gasteiger partial charge in [0, 0.05) is 12.1 Å². The third kappa shape index (κ3) is 5.95. The zero-order chi connectivity index (χ0) is 20.0. The number of carboxylic acid groups (broad SMARTS) is 1. The minimum atomic E-state index is -1.46. The molecule has 0 unspecified atom stereocenters. The number of phenols is 3. The zero-order valence-corrected chi connectivity index (χ0v) is 17.4. The number of rotatable bonds is 8. The molecule has 0 atom stereocenters. The van der Waals surface area contributed by atoms with Crippen LogP contribution in [0.4, 0.5) is 0 Å². The molecule has 2 aromatic rings. The van der Waals surface area contributed by atoms with Gasteiger partial charge in [-0.15, -0.1) is 0 Å². The topological polar surface area (TPSA) is 152 Å². The number of ether oxygens (including phenoxy) is 2. The molecule has 0 spiro atoms. The van der Waals surface area contributed by atoms with Gasteiger partial charge in [0.25, 0.3) is 0 Å². The molecule has 0 saturated heterocycles. The number of aromatic hydroxyl groups is 3. The summed E-state index contributed by atoms with van der Waals surface area (Å²) in [5.41, 5.74) is 0.588. The Kier molecular flexibility index (Phi) is 8.90. The maximum absolute atomic E-state index is 10.4. The Morgan fingerprint density at radius 2 is 1.75 bits per heavy atom. The van der Waals surface area contributed by atoms with E-state index in [0.29, 0.717) is 17.7 Å². The van der Waals surface area contributed by atoms with Gasteiger partial charge in [0.1, 0.15) is 23.9 Å². The van der Waals surface area contributed by atoms with E-state index in [9.17, 15) is 30.4 Å². The van der Waals surface area contributed by atoms with E-state index in [1.807, 2.05) is 0 Å². The summed E-state index contributed by atoms with van der Waals surface area (Å²) in [5, 5.41) is 52.8. The Hall–Kier alpha value is -2.62. The standard InChI is InChI=1S/C18H19NO8.Na/c1-26-16-5-3-10(6-13(16)20)2-4-12(19-25)18-14(21)7-11(8-15(18)22)27-9-17(23)24;/h3,5-8,20-22,25H,2,4,9H2,1H3,(H,23,24);/q;+1/p-1/b19-12+;. The van der Waals surface area contributed by atoms with Crippen molar-refractivity contribution in [2.24, 2.45) is 5.16 Å². The number of phenolic OH excluding ortho intramolecular Hbond substituents is 3. The third-order valence-electron chi connectivity index (χ3n) is 3.73. The Labute approximate surface area is 182 Å². The summed E-state index contributed by atoms with van der Waals surface area (Å²) in [4.78, 5) is 10.4. The predicted molar refractivity (Wildman–Crippen MR) is 91.6 cm³/mol. The van der Waals surface area contributed by atoms with Crippen molar-refractivity contribution < 1.29 is 69.5 Å². The molecule has 144 valence electrons. The molecule has 0 amide bonds. The van der Waals surface area contributed by atoms with Crippen LogP contribution in [0.15, 0.2) is 35.5 Å². The number of oxime groups is 1. The van der Waals surface area contributed by atoms with Crippen LogP contribution in [-0.2, 0) is 11.2 Å². The molecule has 0 saturated carbocycles. The second kappa shape index (κ2) is 10.6. The molecule has 28 heavy (non-hydrogen) atoms. The van der Waals surface area contributed by atoms with Crippen LogP contribution in [0, 0.1) is 0 Å². The summed E-state index contributed by atoms with van der Waals surface area (Å²) in [5.74, 6) is -2.17. The van der Waals surface area contributed by atoms with Gasteiger partial charge in [-0.1, -0.05) is 11.2 Å². The number of hydrogen-bond donors (Lipinski definition) is 4. The second-order valence-electron chi connectivity index (χ2n) is 5.55. The number of hydrogen-bond acceptors (Lipinski definition) is 9. The molecule has 0 aliphatic carbocycles. The number of carbonyl (C=O) groups excluding carboxylic acids is 1. The van der Waals surface area contributed by atoms with Crippen LogP contribution in [-0.4, -0.2) is 45.9 Å². The Morgan fingerprint density at radius 1 is 1.11 bits per heavy atom. The molecule has 0 heterocycles. The predicted octanol–water partition coefficient (Wildman–Crippen LogP) is -2.24. The van der Waals surface area contributed by atoms with E-state index in [2.05, 4.69) is 5.16 Å². The molecule has 0 radical (unpaired) electrons. The Morgan fingerprint density at radius 3 is 2.25 bits per heavy atom. The van der Waals surface area contributed by atoms with Gasteiger partial charge in [-0.3, -0.25) is 0 Å². The van der Waals surface area contributed by atoms with E-state index in [4.69, 9.17) is 9.47 Å². The maximum Gasteiger partial charge on any atom is 1.00 e. The average molecular weight is 399 g/mol. The molecule has 0 aromatic heterocycles. The molecular weight excluding hydrogens is 381 g/mol. The molecule has 0 aliphatic heterocycles. The Balaban J connectivity index is 0.00000392. The van der Waals surface area contributed by atoms with Crippen molar-refractivity contribution in [2.75, 3.05) is 13.7 Å². The van der Waals surface area contributed by atoms with Crippen molar-refractivity contribution >= 4 is 11.7 Å². The molecule has 0 aliphatic rings. The summed E-state index contributed by atoms with van der Waals surface area (Å²) in [6.07, 6.45) is 0.460. The van der Waals surface area contributed by atoms with Gasteiger partial charge in [0.05, 0.1) is 24.4 Å². The Bertz CT molecular complexity index is 846. The largest absolute Gasteiger partial charge is 1.00 e. The minimum Gasteiger partial charge on any atom is -0.546 e. The van der Waals surface area contributed by atoms with E-state index in [-0.39, 0.29) is 58.8 Å². The van der Waals surface area contributed by atoms with Gasteiger partial charge in [-0.05, 0) is 30.5 Å². The quantitative estimate of drug-likeness (QED) is 0.168. The van der Waals surface area contributed by atoms with Crippen LogP contribution in [0.5, 0.6) is 28.7 Å². The van der Waals surface area contributed by atoms with Crippen LogP contribution >= 0.6 is 0 Å². The van der Waals surface area contributed by atoms with Crippen LogP contribution in [0.1, 0.15) is 17.5 Å². The first-order valence-corrected chi connectivity index (χ1v) is 7.81. The molecule has 4 N–H and O–H groups in total. The van der Waals surface area contributed by atoms with Gasteiger partial charge in [0.15, 0.2) is 11.5 Å². The minimum absolute atomic E-state index is 0. The number of carbonyl (C=O) groups is 1. The average Bonchev–Trinajstić information content (AvgIpc) is 2.62. The van der Waals surface area contributed by atoms with Crippen LogP contribution in [0.25, 0.3) is 0 Å². The van der Waals surface area contributed by atoms with E-state index in [0.717, 1.165) is 12.1 Å². The summed E-state index contributed by atoms with van der Waals surface area (Å²) in [7, 11) is 1.43. The number of benzene rings is 2. The van der Waals surface area contributed by atoms with Gasteiger partial charge >= 0.3 is 29.6 Å². The third-order valence-corrected chi connectivity index (χ3v) is 3.73. The van der Waals surface area contributed by atoms with Crippen molar-refractivity contribution in [3.8, 4) is 28.7 Å². The van der Waals surface area contributed by atoms with E-state index in [1.54, 1.807) is 12.1 Å². The summed E-state index contributed by atoms with van der Waals surface area (Å²) < 4.78 is 9.80. The van der Waals surface area contributed by atoms with E-state index in [1.165, 1.54) is 13.2 Å². The van der Waals surface area contributed by atoms with E-state index >= 15 is 0 Å². The normalized spacial score (nSPS) is 10.8. The first kappa shape index (κ1) is 23.4. The van der Waals surface area contributed by atoms with Crippen LogP contribution in [0.3, 0.4) is 0 Å². The number of aliphatic carboxylic acids is 1. The van der Waals surface area contributed by atoms with Crippen molar-refractivity contribution in [3.63, 3.8) is 0 Å². The SMILES string of the molecule is COc1ccc(CC/C(=N\O)c2c(O)cc(OCC(=O)[O-])cc2O)cc1O.[Na+]. The van der Waals surface area contributed by atoms with Gasteiger partial charge in [-0.25, -0.2) is 0 Å². The molecule has 2 rings (SSSR count). The molecular formula is C18H18NNaO8. The molecule has 10 heteroatoms. The molecule has 0 bridgehead atoms. The monoisotopic (exact) mass is 399 g/mol. The zero-order valence-electron chi connectivity index (χ0n) is 15.4. The van der Waals surface area contributed by atoms with Crippen molar-refractivity contribution in [2.45, 2.75) is 12.8 Å². The number of methoxy groups -OCH3 is 1. The van der Waals surface area contributed by atoms with Gasteiger partial charge in [-0.2, -0.15) is 0 Å². The number of nitrogens with zero attached hydrogens (tertiary/aromatic N) is 1. The van der Waals surface area contributed by atoms with Crippen LogP contribution in [0.2, 0.25) is 0 Å². The molecule has 9 nitrogen and oxygen atoms in total.